The number of ketones is 1. The third kappa shape index (κ3) is 3.66. The van der Waals surface area contributed by atoms with Crippen LogP contribution in [0.2, 0.25) is 0 Å². The summed E-state index contributed by atoms with van der Waals surface area (Å²) in [6.07, 6.45) is 6.53. The van der Waals surface area contributed by atoms with Crippen LogP contribution in [0.25, 0.3) is 0 Å². The van der Waals surface area contributed by atoms with Crippen LogP contribution in [0.3, 0.4) is 0 Å². The zero-order valence-electron chi connectivity index (χ0n) is 12.6. The molecule has 0 radical (unpaired) electrons. The first-order chi connectivity index (χ1) is 9.61. The van der Waals surface area contributed by atoms with Crippen molar-refractivity contribution < 1.29 is 4.79 Å². The van der Waals surface area contributed by atoms with Crippen LogP contribution in [0.4, 0.5) is 0 Å². The van der Waals surface area contributed by atoms with Crippen LogP contribution in [0.15, 0.2) is 18.3 Å². The summed E-state index contributed by atoms with van der Waals surface area (Å²) in [7, 11) is 0. The molecule has 110 valence electrons. The predicted octanol–water partition coefficient (Wildman–Crippen LogP) is 3.08. The van der Waals surface area contributed by atoms with Gasteiger partial charge in [-0.25, -0.2) is 0 Å². The van der Waals surface area contributed by atoms with Crippen LogP contribution in [-0.4, -0.2) is 17.3 Å². The maximum absolute atomic E-state index is 12.6. The Labute approximate surface area is 122 Å². The Morgan fingerprint density at radius 1 is 1.50 bits per heavy atom. The van der Waals surface area contributed by atoms with Gasteiger partial charge in [0.15, 0.2) is 0 Å². The minimum atomic E-state index is 0.00108. The lowest BCUT2D eigenvalue weighted by atomic mass is 9.80. The highest BCUT2D eigenvalue weighted by Gasteiger charge is 2.28. The molecule has 0 saturated carbocycles. The van der Waals surface area contributed by atoms with E-state index in [2.05, 4.69) is 24.9 Å². The minimum Gasteiger partial charge on any atom is -0.330 e. The van der Waals surface area contributed by atoms with Crippen LogP contribution >= 0.6 is 0 Å². The molecule has 0 bridgehead atoms. The number of fused-ring (bicyclic) bond motifs is 1. The summed E-state index contributed by atoms with van der Waals surface area (Å²) in [5, 5.41) is 0. The van der Waals surface area contributed by atoms with E-state index in [1.54, 1.807) is 6.20 Å². The van der Waals surface area contributed by atoms with Gasteiger partial charge in [-0.2, -0.15) is 0 Å². The molecule has 2 atom stereocenters. The maximum Gasteiger partial charge on any atom is 0.142 e. The van der Waals surface area contributed by atoms with Gasteiger partial charge in [-0.15, -0.1) is 0 Å². The molecule has 2 N–H and O–H groups in total. The molecular formula is C17H26N2O. The SMILES string of the molecule is CC(C)CC(CN)CC(=O)C1CCCc2cccnc21. The van der Waals surface area contributed by atoms with Crippen molar-refractivity contribution in [1.29, 1.82) is 0 Å². The van der Waals surface area contributed by atoms with Gasteiger partial charge in [-0.05, 0) is 55.7 Å². The fourth-order valence-corrected chi connectivity index (χ4v) is 3.28. The number of pyridine rings is 1. The molecule has 0 aliphatic heterocycles. The Morgan fingerprint density at radius 3 is 3.00 bits per heavy atom. The monoisotopic (exact) mass is 274 g/mol. The van der Waals surface area contributed by atoms with Crippen molar-refractivity contribution in [3.05, 3.63) is 29.6 Å². The predicted molar refractivity (Wildman–Crippen MR) is 81.5 cm³/mol. The number of hydrogen-bond acceptors (Lipinski definition) is 3. The summed E-state index contributed by atoms with van der Waals surface area (Å²) in [6.45, 7) is 4.97. The van der Waals surface area contributed by atoms with Gasteiger partial charge < -0.3 is 5.73 Å². The Hall–Kier alpha value is -1.22. The third-order valence-electron chi connectivity index (χ3n) is 4.21. The number of aromatic nitrogens is 1. The lowest BCUT2D eigenvalue weighted by molar-refractivity contribution is -0.121. The van der Waals surface area contributed by atoms with Crippen molar-refractivity contribution in [3.8, 4) is 0 Å². The molecule has 20 heavy (non-hydrogen) atoms. The van der Waals surface area contributed by atoms with Gasteiger partial charge >= 0.3 is 0 Å². The van der Waals surface area contributed by atoms with E-state index < -0.39 is 0 Å². The normalized spacial score (nSPS) is 19.7. The van der Waals surface area contributed by atoms with E-state index in [1.807, 2.05) is 6.07 Å². The molecule has 1 aliphatic carbocycles. The lowest BCUT2D eigenvalue weighted by Crippen LogP contribution is -2.25. The fraction of sp³-hybridized carbons (Fsp3) is 0.647. The van der Waals surface area contributed by atoms with Crippen LogP contribution in [0.1, 0.15) is 56.7 Å². The topological polar surface area (TPSA) is 56.0 Å². The highest BCUT2D eigenvalue weighted by molar-refractivity contribution is 5.86. The van der Waals surface area contributed by atoms with E-state index in [0.29, 0.717) is 30.6 Å². The first-order valence-corrected chi connectivity index (χ1v) is 7.78. The molecule has 0 fully saturated rings. The van der Waals surface area contributed by atoms with Crippen molar-refractivity contribution in [3.63, 3.8) is 0 Å². The van der Waals surface area contributed by atoms with Gasteiger partial charge in [-0.1, -0.05) is 19.9 Å². The quantitative estimate of drug-likeness (QED) is 0.867. The van der Waals surface area contributed by atoms with Crippen LogP contribution in [0.5, 0.6) is 0 Å². The average Bonchev–Trinajstić information content (AvgIpc) is 2.45. The summed E-state index contributed by atoms with van der Waals surface area (Å²) in [5.41, 5.74) is 8.10. The Kier molecular flexibility index (Phi) is 5.30. The summed E-state index contributed by atoms with van der Waals surface area (Å²) in [4.78, 5) is 17.1. The van der Waals surface area contributed by atoms with Crippen LogP contribution in [0, 0.1) is 11.8 Å². The molecule has 0 amide bonds. The minimum absolute atomic E-state index is 0.00108. The molecule has 2 rings (SSSR count). The van der Waals surface area contributed by atoms with E-state index in [1.165, 1.54) is 5.56 Å². The molecule has 1 aromatic rings. The maximum atomic E-state index is 12.6. The van der Waals surface area contributed by atoms with Crippen molar-refractivity contribution in [2.24, 2.45) is 17.6 Å². The Balaban J connectivity index is 2.06. The highest BCUT2D eigenvalue weighted by Crippen LogP contribution is 2.32. The fourth-order valence-electron chi connectivity index (χ4n) is 3.28. The zero-order chi connectivity index (χ0) is 14.5. The molecule has 0 aromatic carbocycles. The highest BCUT2D eigenvalue weighted by atomic mass is 16.1. The average molecular weight is 274 g/mol. The number of rotatable bonds is 6. The van der Waals surface area contributed by atoms with Gasteiger partial charge in [0.25, 0.3) is 0 Å². The van der Waals surface area contributed by atoms with E-state index in [-0.39, 0.29) is 5.92 Å². The Morgan fingerprint density at radius 2 is 2.30 bits per heavy atom. The number of nitrogens with two attached hydrogens (primary N) is 1. The zero-order valence-corrected chi connectivity index (χ0v) is 12.6. The molecule has 1 aromatic heterocycles. The van der Waals surface area contributed by atoms with Gasteiger partial charge in [0.2, 0.25) is 0 Å². The van der Waals surface area contributed by atoms with E-state index >= 15 is 0 Å². The summed E-state index contributed by atoms with van der Waals surface area (Å²) in [5.74, 6) is 1.24. The number of nitrogens with zero attached hydrogens (tertiary/aromatic N) is 1. The Bertz CT molecular complexity index is 456. The smallest absolute Gasteiger partial charge is 0.142 e. The van der Waals surface area contributed by atoms with Gasteiger partial charge in [0.05, 0.1) is 11.6 Å². The first kappa shape index (κ1) is 15.2. The van der Waals surface area contributed by atoms with E-state index in [9.17, 15) is 4.79 Å². The number of carbonyl (C=O) groups excluding carboxylic acids is 1. The molecular weight excluding hydrogens is 248 g/mol. The number of Topliss-reactive ketones (excluding diaryl/α,β-unsaturated/α-hetero) is 1. The van der Waals surface area contributed by atoms with Crippen molar-refractivity contribution in [1.82, 2.24) is 4.98 Å². The third-order valence-corrected chi connectivity index (χ3v) is 4.21. The number of hydrogen-bond donors (Lipinski definition) is 1. The second kappa shape index (κ2) is 6.98. The second-order valence-electron chi connectivity index (χ2n) is 6.39. The van der Waals surface area contributed by atoms with E-state index in [4.69, 9.17) is 5.73 Å². The molecule has 1 aliphatic rings. The molecule has 2 unspecified atom stereocenters. The summed E-state index contributed by atoms with van der Waals surface area (Å²) >= 11 is 0. The second-order valence-corrected chi connectivity index (χ2v) is 6.39. The molecule has 3 heteroatoms. The van der Waals surface area contributed by atoms with Crippen molar-refractivity contribution in [2.45, 2.75) is 51.9 Å². The van der Waals surface area contributed by atoms with Crippen molar-refractivity contribution in [2.75, 3.05) is 6.54 Å². The van der Waals surface area contributed by atoms with Crippen LogP contribution < -0.4 is 5.73 Å². The molecule has 3 nitrogen and oxygen atoms in total. The van der Waals surface area contributed by atoms with E-state index in [0.717, 1.165) is 31.4 Å². The number of carbonyl (C=O) groups is 1. The van der Waals surface area contributed by atoms with Gasteiger partial charge in [0, 0.05) is 12.6 Å². The molecule has 0 spiro atoms. The van der Waals surface area contributed by atoms with Crippen molar-refractivity contribution >= 4 is 5.78 Å². The largest absolute Gasteiger partial charge is 0.330 e. The molecule has 0 saturated heterocycles. The first-order valence-electron chi connectivity index (χ1n) is 7.78. The van der Waals surface area contributed by atoms with Gasteiger partial charge in [-0.3, -0.25) is 9.78 Å². The lowest BCUT2D eigenvalue weighted by Gasteiger charge is -2.25. The molecule has 1 heterocycles. The van der Waals surface area contributed by atoms with Gasteiger partial charge in [0.1, 0.15) is 5.78 Å². The summed E-state index contributed by atoms with van der Waals surface area (Å²) in [6, 6.07) is 4.07. The van der Waals surface area contributed by atoms with Crippen LogP contribution in [-0.2, 0) is 11.2 Å². The number of aryl methyl sites for hydroxylation is 1. The standard InChI is InChI=1S/C17H26N2O/c1-12(2)9-13(11-18)10-16(20)15-7-3-5-14-6-4-8-19-17(14)15/h4,6,8,12-13,15H,3,5,7,9-11,18H2,1-2H3. The summed E-state index contributed by atoms with van der Waals surface area (Å²) < 4.78 is 0.